The Balaban J connectivity index is 4.52. The van der Waals surface area contributed by atoms with Crippen molar-refractivity contribution < 1.29 is 34.2 Å². The molecule has 0 aliphatic rings. The van der Waals surface area contributed by atoms with Gasteiger partial charge in [-0.3, -0.25) is 4.18 Å². The van der Waals surface area contributed by atoms with E-state index in [1.807, 2.05) is 0 Å². The van der Waals surface area contributed by atoms with Crippen LogP contribution in [0.25, 0.3) is 0 Å². The van der Waals surface area contributed by atoms with Crippen molar-refractivity contribution in [1.82, 2.24) is 4.90 Å². The first kappa shape index (κ1) is 22.1. The van der Waals surface area contributed by atoms with Gasteiger partial charge in [0.05, 0.1) is 12.4 Å². The lowest BCUT2D eigenvalue weighted by Gasteiger charge is -2.23. The van der Waals surface area contributed by atoms with E-state index in [1.165, 1.54) is 4.90 Å². The predicted octanol–water partition coefficient (Wildman–Crippen LogP) is 1.58. The quantitative estimate of drug-likeness (QED) is 0.260. The van der Waals surface area contributed by atoms with Crippen molar-refractivity contribution in [3.8, 4) is 0 Å². The highest BCUT2D eigenvalue weighted by Gasteiger charge is 2.47. The highest BCUT2D eigenvalue weighted by molar-refractivity contribution is 7.90. The maximum atomic E-state index is 12.1. The number of hydrogen-bond acceptors (Lipinski definition) is 5. The third kappa shape index (κ3) is 9.11. The molecule has 0 heterocycles. The SMILES string of the molecule is CN(C)/C=N/S(=O)(=O)CCC(C)(C)CCOS(=O)(=O)C(F)(F)F. The summed E-state index contributed by atoms with van der Waals surface area (Å²) in [6.07, 6.45) is 1.16. The smallest absolute Gasteiger partial charge is 0.368 e. The molecule has 0 aromatic rings. The Morgan fingerprint density at radius 2 is 1.61 bits per heavy atom. The van der Waals surface area contributed by atoms with Gasteiger partial charge in [0.2, 0.25) is 0 Å². The Kier molecular flexibility index (Phi) is 7.50. The number of alkyl halides is 3. The highest BCUT2D eigenvalue weighted by Crippen LogP contribution is 2.29. The Labute approximate surface area is 134 Å². The molecule has 0 saturated carbocycles. The molecule has 0 aromatic heterocycles. The summed E-state index contributed by atoms with van der Waals surface area (Å²) < 4.78 is 88.4. The van der Waals surface area contributed by atoms with E-state index in [1.54, 1.807) is 27.9 Å². The van der Waals surface area contributed by atoms with Crippen LogP contribution in [0.15, 0.2) is 4.40 Å². The molecular weight excluding hydrogens is 361 g/mol. The molecule has 0 amide bonds. The van der Waals surface area contributed by atoms with Gasteiger partial charge in [0, 0.05) is 14.1 Å². The Bertz CT molecular complexity index is 610. The average Bonchev–Trinajstić information content (AvgIpc) is 2.33. The minimum absolute atomic E-state index is 0.0603. The zero-order valence-corrected chi connectivity index (χ0v) is 14.9. The van der Waals surface area contributed by atoms with E-state index < -0.39 is 37.7 Å². The van der Waals surface area contributed by atoms with Crippen LogP contribution >= 0.6 is 0 Å². The molecule has 0 radical (unpaired) electrons. The lowest BCUT2D eigenvalue weighted by atomic mass is 9.87. The van der Waals surface area contributed by atoms with Crippen LogP contribution in [0.5, 0.6) is 0 Å². The molecule has 0 atom stereocenters. The lowest BCUT2D eigenvalue weighted by molar-refractivity contribution is -0.0547. The van der Waals surface area contributed by atoms with E-state index in [4.69, 9.17) is 0 Å². The van der Waals surface area contributed by atoms with E-state index in [0.717, 1.165) is 6.34 Å². The molecule has 0 aliphatic carbocycles. The van der Waals surface area contributed by atoms with Crippen LogP contribution in [0.4, 0.5) is 13.2 Å². The van der Waals surface area contributed by atoms with E-state index in [2.05, 4.69) is 8.58 Å². The Morgan fingerprint density at radius 1 is 1.09 bits per heavy atom. The summed E-state index contributed by atoms with van der Waals surface area (Å²) in [5, 5.41) is 0. The van der Waals surface area contributed by atoms with Crippen LogP contribution < -0.4 is 0 Å². The highest BCUT2D eigenvalue weighted by atomic mass is 32.2. The van der Waals surface area contributed by atoms with Gasteiger partial charge in [-0.05, 0) is 18.3 Å². The molecule has 0 N–H and O–H groups in total. The molecule has 0 saturated heterocycles. The molecule has 0 aliphatic heterocycles. The van der Waals surface area contributed by atoms with Gasteiger partial charge in [0.1, 0.15) is 6.34 Å². The van der Waals surface area contributed by atoms with E-state index in [0.29, 0.717) is 0 Å². The maximum absolute atomic E-state index is 12.1. The molecule has 0 fully saturated rings. The fourth-order valence-corrected chi connectivity index (χ4v) is 2.93. The fourth-order valence-electron chi connectivity index (χ4n) is 1.24. The molecule has 12 heteroatoms. The topological polar surface area (TPSA) is 93.1 Å². The second-order valence-electron chi connectivity index (χ2n) is 5.86. The third-order valence-electron chi connectivity index (χ3n) is 2.78. The number of hydrogen-bond donors (Lipinski definition) is 0. The minimum Gasteiger partial charge on any atom is -0.368 e. The minimum atomic E-state index is -5.63. The summed E-state index contributed by atoms with van der Waals surface area (Å²) in [4.78, 5) is 1.44. The van der Waals surface area contributed by atoms with Gasteiger partial charge >= 0.3 is 15.6 Å². The van der Waals surface area contributed by atoms with Crippen molar-refractivity contribution >= 4 is 26.5 Å². The zero-order chi connectivity index (χ0) is 18.5. The summed E-state index contributed by atoms with van der Waals surface area (Å²) in [5.74, 6) is -0.309. The summed E-state index contributed by atoms with van der Waals surface area (Å²) in [7, 11) is -6.13. The van der Waals surface area contributed by atoms with Gasteiger partial charge in [-0.1, -0.05) is 13.8 Å². The molecule has 0 rings (SSSR count). The first-order valence-corrected chi connectivity index (χ1v) is 9.50. The Hall–Kier alpha value is -0.880. The van der Waals surface area contributed by atoms with Crippen LogP contribution in [0.1, 0.15) is 26.7 Å². The normalized spacial score (nSPS) is 14.4. The third-order valence-corrected chi connectivity index (χ3v) is 4.96. The van der Waals surface area contributed by atoms with Gasteiger partial charge in [0.15, 0.2) is 0 Å². The second kappa shape index (κ2) is 7.79. The van der Waals surface area contributed by atoms with Crippen LogP contribution in [0.3, 0.4) is 0 Å². The number of sulfonamides is 1. The summed E-state index contributed by atoms with van der Waals surface area (Å²) >= 11 is 0. The van der Waals surface area contributed by atoms with Gasteiger partial charge in [-0.15, -0.1) is 0 Å². The van der Waals surface area contributed by atoms with E-state index >= 15 is 0 Å². The molecule has 138 valence electrons. The molecule has 7 nitrogen and oxygen atoms in total. The molecule has 0 unspecified atom stereocenters. The van der Waals surface area contributed by atoms with Crippen molar-refractivity contribution in [2.24, 2.45) is 9.81 Å². The first-order chi connectivity index (χ1) is 10.1. The number of rotatable bonds is 9. The largest absolute Gasteiger partial charge is 0.523 e. The Morgan fingerprint density at radius 3 is 2.04 bits per heavy atom. The fraction of sp³-hybridized carbons (Fsp3) is 0.909. The monoisotopic (exact) mass is 382 g/mol. The summed E-state index contributed by atoms with van der Waals surface area (Å²) in [6, 6.07) is 0. The van der Waals surface area contributed by atoms with E-state index in [9.17, 15) is 30.0 Å². The summed E-state index contributed by atoms with van der Waals surface area (Å²) in [5.41, 5.74) is -6.21. The molecular formula is C11H21F3N2O5S2. The number of halogens is 3. The van der Waals surface area contributed by atoms with Crippen molar-refractivity contribution in [3.63, 3.8) is 0 Å². The zero-order valence-electron chi connectivity index (χ0n) is 13.3. The van der Waals surface area contributed by atoms with Gasteiger partial charge < -0.3 is 4.90 Å². The lowest BCUT2D eigenvalue weighted by Crippen LogP contribution is -2.27. The van der Waals surface area contributed by atoms with Crippen LogP contribution in [0, 0.1) is 5.41 Å². The van der Waals surface area contributed by atoms with Crippen molar-refractivity contribution in [2.75, 3.05) is 26.5 Å². The van der Waals surface area contributed by atoms with Crippen molar-refractivity contribution in [3.05, 3.63) is 0 Å². The maximum Gasteiger partial charge on any atom is 0.523 e. The van der Waals surface area contributed by atoms with Gasteiger partial charge in [0.25, 0.3) is 10.0 Å². The van der Waals surface area contributed by atoms with Gasteiger partial charge in [-0.2, -0.15) is 26.0 Å². The van der Waals surface area contributed by atoms with Crippen LogP contribution in [0.2, 0.25) is 0 Å². The molecule has 0 spiro atoms. The molecule has 0 aromatic carbocycles. The standard InChI is InChI=1S/C11H21F3N2O5S2/c1-10(2,5-7-21-23(19,20)11(12,13)14)6-8-22(17,18)15-9-16(3)4/h9H,5-8H2,1-4H3/b15-9+. The average molecular weight is 382 g/mol. The van der Waals surface area contributed by atoms with Gasteiger partial charge in [-0.25, -0.2) is 8.42 Å². The van der Waals surface area contributed by atoms with Crippen molar-refractivity contribution in [1.29, 1.82) is 0 Å². The van der Waals surface area contributed by atoms with Crippen molar-refractivity contribution in [2.45, 2.75) is 32.2 Å². The van der Waals surface area contributed by atoms with Crippen LogP contribution in [-0.2, 0) is 24.3 Å². The molecule has 23 heavy (non-hydrogen) atoms. The second-order valence-corrected chi connectivity index (χ2v) is 9.25. The molecule has 0 bridgehead atoms. The summed E-state index contributed by atoms with van der Waals surface area (Å²) in [6.45, 7) is 2.51. The predicted molar refractivity (Wildman–Crippen MR) is 79.9 cm³/mol. The van der Waals surface area contributed by atoms with Crippen LogP contribution in [-0.4, -0.2) is 60.0 Å². The first-order valence-electron chi connectivity index (χ1n) is 6.48. The number of nitrogens with zero attached hydrogens (tertiary/aromatic N) is 2. The van der Waals surface area contributed by atoms with E-state index in [-0.39, 0.29) is 18.6 Å².